The van der Waals surface area contributed by atoms with E-state index in [-0.39, 0.29) is 11.5 Å². The summed E-state index contributed by atoms with van der Waals surface area (Å²) in [5.41, 5.74) is 1.25. The number of rotatable bonds is 13. The van der Waals surface area contributed by atoms with Gasteiger partial charge < -0.3 is 20.1 Å². The zero-order chi connectivity index (χ0) is 21.3. The number of likely N-dealkylation sites (N-methyl/N-ethyl adjacent to an activating group) is 1. The van der Waals surface area contributed by atoms with Crippen molar-refractivity contribution < 1.29 is 0 Å². The second kappa shape index (κ2) is 11.2. The molecule has 28 heavy (non-hydrogen) atoms. The van der Waals surface area contributed by atoms with Gasteiger partial charge in [0.05, 0.1) is 0 Å². The molecule has 0 spiro atoms. The Morgan fingerprint density at radius 1 is 1.29 bits per heavy atom. The molecule has 0 aromatic carbocycles. The Hall–Kier alpha value is -1.94. The van der Waals surface area contributed by atoms with Gasteiger partial charge in [-0.15, -0.1) is 0 Å². The van der Waals surface area contributed by atoms with Gasteiger partial charge in [0.15, 0.2) is 0 Å². The van der Waals surface area contributed by atoms with Crippen LogP contribution in [0.2, 0.25) is 0 Å². The number of nitrogens with zero attached hydrogens (tertiary/aromatic N) is 2. The minimum Gasteiger partial charge on any atom is -0.390 e. The third-order valence-electron chi connectivity index (χ3n) is 6.00. The Morgan fingerprint density at radius 3 is 2.54 bits per heavy atom. The van der Waals surface area contributed by atoms with Crippen LogP contribution in [0, 0.1) is 5.41 Å². The van der Waals surface area contributed by atoms with Gasteiger partial charge in [0.2, 0.25) is 0 Å². The standard InChI is InChI=1S/C24H42N4/c1-10-12-23-14-13-19(3)28(23)22(6)24(7,8)15-17-27(18-16-26-11-2)21(5)20(4)25-9/h11-14,20,22,25-26H,2-3,5,10,15-18H2,1,4,6-9H3/b23-12-. The van der Waals surface area contributed by atoms with Crippen LogP contribution >= 0.6 is 0 Å². The summed E-state index contributed by atoms with van der Waals surface area (Å²) < 4.78 is 2.39. The second-order valence-corrected chi connectivity index (χ2v) is 8.29. The highest BCUT2D eigenvalue weighted by Crippen LogP contribution is 2.33. The lowest BCUT2D eigenvalue weighted by Gasteiger charge is -2.37. The van der Waals surface area contributed by atoms with Crippen LogP contribution in [0.3, 0.4) is 0 Å². The van der Waals surface area contributed by atoms with E-state index in [4.69, 9.17) is 0 Å². The molecule has 4 heteroatoms. The number of hydrogen-bond acceptors (Lipinski definition) is 3. The first-order chi connectivity index (χ1) is 13.2. The molecule has 0 saturated heterocycles. The molecule has 0 aliphatic rings. The summed E-state index contributed by atoms with van der Waals surface area (Å²) in [6.45, 7) is 26.5. The Bertz CT molecular complexity index is 728. The summed E-state index contributed by atoms with van der Waals surface area (Å²) in [6.07, 6.45) is 6.14. The van der Waals surface area contributed by atoms with Crippen molar-refractivity contribution in [3.63, 3.8) is 0 Å². The van der Waals surface area contributed by atoms with E-state index in [1.54, 1.807) is 6.20 Å². The number of aromatic nitrogens is 1. The molecule has 1 aromatic heterocycles. The first kappa shape index (κ1) is 24.1. The maximum atomic E-state index is 4.34. The quantitative estimate of drug-likeness (QED) is 0.511. The zero-order valence-electron chi connectivity index (χ0n) is 19.0. The summed E-state index contributed by atoms with van der Waals surface area (Å²) in [5, 5.41) is 8.87. The van der Waals surface area contributed by atoms with E-state index in [0.29, 0.717) is 6.04 Å². The molecule has 0 aliphatic carbocycles. The minimum atomic E-state index is 0.120. The van der Waals surface area contributed by atoms with Crippen molar-refractivity contribution in [3.05, 3.63) is 47.9 Å². The number of nitrogens with one attached hydrogen (secondary N) is 2. The highest BCUT2D eigenvalue weighted by molar-refractivity contribution is 5.21. The van der Waals surface area contributed by atoms with Crippen molar-refractivity contribution in [2.45, 2.75) is 59.5 Å². The van der Waals surface area contributed by atoms with E-state index in [1.807, 2.05) is 7.05 Å². The number of hydrogen-bond donors (Lipinski definition) is 2. The molecule has 158 valence electrons. The molecule has 0 bridgehead atoms. The first-order valence-electron chi connectivity index (χ1n) is 10.5. The summed E-state index contributed by atoms with van der Waals surface area (Å²) in [5.74, 6) is 0. The monoisotopic (exact) mass is 386 g/mol. The summed E-state index contributed by atoms with van der Waals surface area (Å²) in [6, 6.07) is 4.92. The van der Waals surface area contributed by atoms with E-state index in [9.17, 15) is 0 Å². The lowest BCUT2D eigenvalue weighted by molar-refractivity contribution is 0.177. The SMILES string of the molecule is C=CNCCN(CCC(C)(C)C(C)n1c(=C)cc/c1=C/CC)C(=C)C(C)NC. The van der Waals surface area contributed by atoms with Gasteiger partial charge in [0, 0.05) is 48.1 Å². The smallest absolute Gasteiger partial charge is 0.0434 e. The summed E-state index contributed by atoms with van der Waals surface area (Å²) in [4.78, 5) is 2.39. The van der Waals surface area contributed by atoms with Crippen molar-refractivity contribution in [2.75, 3.05) is 26.7 Å². The van der Waals surface area contributed by atoms with Gasteiger partial charge in [-0.25, -0.2) is 0 Å². The summed E-state index contributed by atoms with van der Waals surface area (Å²) in [7, 11) is 1.98. The molecule has 4 nitrogen and oxygen atoms in total. The molecule has 0 fully saturated rings. The molecule has 1 aromatic rings. The maximum Gasteiger partial charge on any atom is 0.0434 e. The third kappa shape index (κ3) is 6.30. The van der Waals surface area contributed by atoms with Gasteiger partial charge in [-0.1, -0.05) is 46.6 Å². The molecule has 2 N–H and O–H groups in total. The topological polar surface area (TPSA) is 32.2 Å². The molecule has 0 amide bonds. The molecular weight excluding hydrogens is 344 g/mol. The van der Waals surface area contributed by atoms with E-state index in [0.717, 1.165) is 43.5 Å². The Labute approximate surface area is 172 Å². The fourth-order valence-corrected chi connectivity index (χ4v) is 3.48. The average Bonchev–Trinajstić information content (AvgIpc) is 3.03. The van der Waals surface area contributed by atoms with Crippen molar-refractivity contribution in [3.8, 4) is 0 Å². The van der Waals surface area contributed by atoms with Gasteiger partial charge in [-0.05, 0) is 57.5 Å². The largest absolute Gasteiger partial charge is 0.390 e. The molecule has 2 unspecified atom stereocenters. The molecule has 0 aliphatic heterocycles. The van der Waals surface area contributed by atoms with Gasteiger partial charge in [-0.3, -0.25) is 0 Å². The Morgan fingerprint density at radius 2 is 1.96 bits per heavy atom. The van der Waals surface area contributed by atoms with Gasteiger partial charge >= 0.3 is 0 Å². The zero-order valence-corrected chi connectivity index (χ0v) is 19.0. The third-order valence-corrected chi connectivity index (χ3v) is 6.00. The predicted molar refractivity (Wildman–Crippen MR) is 125 cm³/mol. The van der Waals surface area contributed by atoms with E-state index >= 15 is 0 Å². The van der Waals surface area contributed by atoms with Gasteiger partial charge in [0.25, 0.3) is 0 Å². The lowest BCUT2D eigenvalue weighted by atomic mass is 9.81. The highest BCUT2D eigenvalue weighted by Gasteiger charge is 2.28. The van der Waals surface area contributed by atoms with Crippen molar-refractivity contribution >= 4 is 12.7 Å². The van der Waals surface area contributed by atoms with Gasteiger partial charge in [-0.2, -0.15) is 0 Å². The van der Waals surface area contributed by atoms with Crippen molar-refractivity contribution in [2.24, 2.45) is 5.41 Å². The van der Waals surface area contributed by atoms with Crippen LogP contribution in [0.5, 0.6) is 0 Å². The van der Waals surface area contributed by atoms with Crippen LogP contribution in [0.1, 0.15) is 53.5 Å². The normalized spacial score (nSPS) is 14.6. The first-order valence-corrected chi connectivity index (χ1v) is 10.5. The molecule has 1 heterocycles. The molecule has 2 atom stereocenters. The maximum absolute atomic E-state index is 4.34. The average molecular weight is 387 g/mol. The lowest BCUT2D eigenvalue weighted by Crippen LogP contribution is -2.41. The second-order valence-electron chi connectivity index (χ2n) is 8.29. The van der Waals surface area contributed by atoms with Gasteiger partial charge in [0.1, 0.15) is 0 Å². The molecule has 0 saturated carbocycles. The van der Waals surface area contributed by atoms with Crippen LogP contribution in [0.15, 0.2) is 37.2 Å². The fraction of sp³-hybridized carbons (Fsp3) is 0.583. The Balaban J connectivity index is 2.96. The van der Waals surface area contributed by atoms with Crippen molar-refractivity contribution in [1.82, 2.24) is 20.1 Å². The van der Waals surface area contributed by atoms with Crippen LogP contribution in [0.25, 0.3) is 12.7 Å². The predicted octanol–water partition coefficient (Wildman–Crippen LogP) is 3.22. The van der Waals surface area contributed by atoms with Crippen LogP contribution < -0.4 is 21.3 Å². The van der Waals surface area contributed by atoms with E-state index in [1.165, 1.54) is 5.35 Å². The molecular formula is C24H42N4. The van der Waals surface area contributed by atoms with Crippen LogP contribution in [-0.4, -0.2) is 42.2 Å². The minimum absolute atomic E-state index is 0.120. The van der Waals surface area contributed by atoms with Crippen LogP contribution in [0.4, 0.5) is 0 Å². The molecule has 0 radical (unpaired) electrons. The summed E-state index contributed by atoms with van der Waals surface area (Å²) >= 11 is 0. The van der Waals surface area contributed by atoms with E-state index < -0.39 is 0 Å². The molecule has 1 rings (SSSR count). The van der Waals surface area contributed by atoms with Crippen molar-refractivity contribution in [1.29, 1.82) is 0 Å². The fourth-order valence-electron chi connectivity index (χ4n) is 3.48. The Kier molecular flexibility index (Phi) is 9.60. The van der Waals surface area contributed by atoms with E-state index in [2.05, 4.69) is 92.7 Å². The van der Waals surface area contributed by atoms with Crippen LogP contribution in [-0.2, 0) is 0 Å². The highest BCUT2D eigenvalue weighted by atomic mass is 15.2.